The summed E-state index contributed by atoms with van der Waals surface area (Å²) in [4.78, 5) is 14.3. The van der Waals surface area contributed by atoms with Gasteiger partial charge in [-0.2, -0.15) is 0 Å². The van der Waals surface area contributed by atoms with Gasteiger partial charge in [-0.1, -0.05) is 28.1 Å². The summed E-state index contributed by atoms with van der Waals surface area (Å²) < 4.78 is 11.5. The van der Waals surface area contributed by atoms with Crippen LogP contribution in [0, 0.1) is 0 Å². The van der Waals surface area contributed by atoms with Gasteiger partial charge in [-0.3, -0.25) is 4.79 Å². The van der Waals surface area contributed by atoms with Crippen molar-refractivity contribution in [2.75, 3.05) is 21.3 Å². The van der Waals surface area contributed by atoms with Crippen LogP contribution in [0.2, 0.25) is 0 Å². The fourth-order valence-corrected chi connectivity index (χ4v) is 2.38. The summed E-state index contributed by atoms with van der Waals surface area (Å²) in [5, 5.41) is 0. The molecular formula is C17H18BrNO3. The molecule has 0 saturated carbocycles. The minimum atomic E-state index is -0.0950. The molecule has 116 valence electrons. The van der Waals surface area contributed by atoms with Gasteiger partial charge in [0.15, 0.2) is 0 Å². The number of ether oxygens (including phenoxy) is 2. The highest BCUT2D eigenvalue weighted by atomic mass is 79.9. The van der Waals surface area contributed by atoms with Crippen molar-refractivity contribution in [3.05, 3.63) is 58.1 Å². The van der Waals surface area contributed by atoms with Gasteiger partial charge in [0.05, 0.1) is 19.8 Å². The number of halogens is 1. The van der Waals surface area contributed by atoms with Crippen molar-refractivity contribution in [2.45, 2.75) is 6.54 Å². The molecule has 4 nitrogen and oxygen atoms in total. The lowest BCUT2D eigenvalue weighted by Gasteiger charge is -2.19. The Kier molecular flexibility index (Phi) is 5.44. The molecule has 0 heterocycles. The van der Waals surface area contributed by atoms with Crippen molar-refractivity contribution < 1.29 is 14.3 Å². The number of rotatable bonds is 5. The first-order valence-corrected chi connectivity index (χ1v) is 7.56. The van der Waals surface area contributed by atoms with Crippen LogP contribution in [0.4, 0.5) is 0 Å². The maximum Gasteiger partial charge on any atom is 0.257 e. The fraction of sp³-hybridized carbons (Fsp3) is 0.235. The third kappa shape index (κ3) is 3.80. The lowest BCUT2D eigenvalue weighted by Crippen LogP contribution is -2.26. The minimum Gasteiger partial charge on any atom is -0.497 e. The average Bonchev–Trinajstić information content (AvgIpc) is 2.55. The Bertz CT molecular complexity index is 655. The number of carbonyl (C=O) groups excluding carboxylic acids is 1. The molecule has 2 aromatic rings. The second kappa shape index (κ2) is 7.31. The van der Waals surface area contributed by atoms with Crippen molar-refractivity contribution >= 4 is 21.8 Å². The van der Waals surface area contributed by atoms with Crippen LogP contribution in [0.15, 0.2) is 46.9 Å². The second-order valence-corrected chi connectivity index (χ2v) is 5.77. The smallest absolute Gasteiger partial charge is 0.257 e. The highest BCUT2D eigenvalue weighted by Gasteiger charge is 2.17. The van der Waals surface area contributed by atoms with E-state index in [0.717, 1.165) is 10.0 Å². The third-order valence-electron chi connectivity index (χ3n) is 3.32. The first-order chi connectivity index (χ1) is 10.5. The van der Waals surface area contributed by atoms with E-state index in [9.17, 15) is 4.79 Å². The number of carbonyl (C=O) groups is 1. The number of nitrogens with zero attached hydrogens (tertiary/aromatic N) is 1. The Balaban J connectivity index is 2.18. The molecule has 0 atom stereocenters. The molecule has 0 N–H and O–H groups in total. The van der Waals surface area contributed by atoms with Gasteiger partial charge in [-0.15, -0.1) is 0 Å². The molecule has 0 aliphatic carbocycles. The summed E-state index contributed by atoms with van der Waals surface area (Å²) >= 11 is 3.40. The Labute approximate surface area is 138 Å². The molecule has 22 heavy (non-hydrogen) atoms. The number of hydrogen-bond acceptors (Lipinski definition) is 3. The Morgan fingerprint density at radius 3 is 2.36 bits per heavy atom. The first kappa shape index (κ1) is 16.4. The zero-order valence-electron chi connectivity index (χ0n) is 12.8. The standard InChI is InChI=1S/C17H18BrNO3/c1-19(11-12-4-6-13(18)7-5-12)17(20)15-9-8-14(21-2)10-16(15)22-3/h4-10H,11H2,1-3H3. The summed E-state index contributed by atoms with van der Waals surface area (Å²) in [5.41, 5.74) is 1.58. The van der Waals surface area contributed by atoms with E-state index in [1.165, 1.54) is 0 Å². The molecule has 0 aliphatic rings. The van der Waals surface area contributed by atoms with E-state index < -0.39 is 0 Å². The molecule has 0 radical (unpaired) electrons. The zero-order valence-corrected chi connectivity index (χ0v) is 14.4. The SMILES string of the molecule is COc1ccc(C(=O)N(C)Cc2ccc(Br)cc2)c(OC)c1. The fourth-order valence-electron chi connectivity index (χ4n) is 2.12. The average molecular weight is 364 g/mol. The second-order valence-electron chi connectivity index (χ2n) is 4.85. The predicted molar refractivity (Wildman–Crippen MR) is 89.5 cm³/mol. The van der Waals surface area contributed by atoms with Gasteiger partial charge in [-0.05, 0) is 29.8 Å². The molecular weight excluding hydrogens is 346 g/mol. The van der Waals surface area contributed by atoms with Crippen molar-refractivity contribution in [3.63, 3.8) is 0 Å². The largest absolute Gasteiger partial charge is 0.497 e. The van der Waals surface area contributed by atoms with E-state index in [0.29, 0.717) is 23.6 Å². The summed E-state index contributed by atoms with van der Waals surface area (Å²) in [7, 11) is 4.89. The normalized spacial score (nSPS) is 10.2. The van der Waals surface area contributed by atoms with Gasteiger partial charge in [0.1, 0.15) is 11.5 Å². The Morgan fingerprint density at radius 1 is 1.09 bits per heavy atom. The maximum absolute atomic E-state index is 12.6. The molecule has 0 unspecified atom stereocenters. The molecule has 0 aliphatic heterocycles. The van der Waals surface area contributed by atoms with E-state index in [2.05, 4.69) is 15.9 Å². The van der Waals surface area contributed by atoms with Crippen LogP contribution in [0.5, 0.6) is 11.5 Å². The quantitative estimate of drug-likeness (QED) is 0.812. The number of amides is 1. The highest BCUT2D eigenvalue weighted by Crippen LogP contribution is 2.26. The van der Waals surface area contributed by atoms with Crippen molar-refractivity contribution in [1.29, 1.82) is 0 Å². The molecule has 0 bridgehead atoms. The van der Waals surface area contributed by atoms with Crippen LogP contribution < -0.4 is 9.47 Å². The highest BCUT2D eigenvalue weighted by molar-refractivity contribution is 9.10. The van der Waals surface area contributed by atoms with Crippen LogP contribution in [0.1, 0.15) is 15.9 Å². The Morgan fingerprint density at radius 2 is 1.77 bits per heavy atom. The minimum absolute atomic E-state index is 0.0950. The van der Waals surface area contributed by atoms with E-state index in [4.69, 9.17) is 9.47 Å². The molecule has 2 aromatic carbocycles. The lowest BCUT2D eigenvalue weighted by atomic mass is 10.1. The third-order valence-corrected chi connectivity index (χ3v) is 3.85. The van der Waals surface area contributed by atoms with Crippen molar-refractivity contribution in [3.8, 4) is 11.5 Å². The summed E-state index contributed by atoms with van der Waals surface area (Å²) in [6.45, 7) is 0.529. The van der Waals surface area contributed by atoms with Crippen molar-refractivity contribution in [2.24, 2.45) is 0 Å². The van der Waals surface area contributed by atoms with E-state index in [-0.39, 0.29) is 5.91 Å². The number of benzene rings is 2. The molecule has 0 spiro atoms. The molecule has 0 aromatic heterocycles. The lowest BCUT2D eigenvalue weighted by molar-refractivity contribution is 0.0781. The first-order valence-electron chi connectivity index (χ1n) is 6.77. The molecule has 5 heteroatoms. The molecule has 0 fully saturated rings. The van der Waals surface area contributed by atoms with Crippen LogP contribution in [-0.4, -0.2) is 32.1 Å². The van der Waals surface area contributed by atoms with Gasteiger partial charge >= 0.3 is 0 Å². The summed E-state index contributed by atoms with van der Waals surface area (Å²) in [6, 6.07) is 13.1. The van der Waals surface area contributed by atoms with Crippen LogP contribution in [0.25, 0.3) is 0 Å². The van der Waals surface area contributed by atoms with Crippen LogP contribution >= 0.6 is 15.9 Å². The van der Waals surface area contributed by atoms with E-state index >= 15 is 0 Å². The summed E-state index contributed by atoms with van der Waals surface area (Å²) in [6.07, 6.45) is 0. The van der Waals surface area contributed by atoms with Gasteiger partial charge in [-0.25, -0.2) is 0 Å². The number of methoxy groups -OCH3 is 2. The Hall–Kier alpha value is -2.01. The molecule has 0 saturated heterocycles. The maximum atomic E-state index is 12.6. The van der Waals surface area contributed by atoms with Gasteiger partial charge in [0.2, 0.25) is 0 Å². The van der Waals surface area contributed by atoms with Crippen LogP contribution in [0.3, 0.4) is 0 Å². The van der Waals surface area contributed by atoms with Crippen LogP contribution in [-0.2, 0) is 6.54 Å². The van der Waals surface area contributed by atoms with E-state index in [1.807, 2.05) is 24.3 Å². The van der Waals surface area contributed by atoms with Gasteiger partial charge < -0.3 is 14.4 Å². The van der Waals surface area contributed by atoms with Gasteiger partial charge in [0.25, 0.3) is 5.91 Å². The monoisotopic (exact) mass is 363 g/mol. The van der Waals surface area contributed by atoms with Crippen molar-refractivity contribution in [1.82, 2.24) is 4.90 Å². The van der Waals surface area contributed by atoms with E-state index in [1.54, 1.807) is 44.4 Å². The zero-order chi connectivity index (χ0) is 16.1. The topological polar surface area (TPSA) is 38.8 Å². The van der Waals surface area contributed by atoms with Gasteiger partial charge in [0, 0.05) is 24.1 Å². The predicted octanol–water partition coefficient (Wildman–Crippen LogP) is 3.74. The summed E-state index contributed by atoms with van der Waals surface area (Å²) in [5.74, 6) is 1.07. The molecule has 2 rings (SSSR count). The molecule has 1 amide bonds. The number of hydrogen-bond donors (Lipinski definition) is 0.